The average Bonchev–Trinajstić information content (AvgIpc) is 3.13. The van der Waals surface area contributed by atoms with Crippen molar-refractivity contribution in [1.29, 1.82) is 0 Å². The van der Waals surface area contributed by atoms with Crippen molar-refractivity contribution in [1.82, 2.24) is 13.7 Å². The SMILES string of the molecule is CN(C)S(=O)(=O)c1ccc(C(=O)Nc2c(-c3ccccc3)nc3ccccn23)cc1. The number of rotatable bonds is 5. The highest BCUT2D eigenvalue weighted by Gasteiger charge is 2.19. The number of sulfonamides is 1. The van der Waals surface area contributed by atoms with Crippen LogP contribution < -0.4 is 5.32 Å². The van der Waals surface area contributed by atoms with Crippen LogP contribution in [0.15, 0.2) is 83.9 Å². The van der Waals surface area contributed by atoms with Crippen LogP contribution in [0.2, 0.25) is 0 Å². The summed E-state index contributed by atoms with van der Waals surface area (Å²) in [6.07, 6.45) is 1.83. The number of aromatic nitrogens is 2. The molecule has 0 aliphatic heterocycles. The van der Waals surface area contributed by atoms with Crippen LogP contribution >= 0.6 is 0 Å². The van der Waals surface area contributed by atoms with Crippen molar-refractivity contribution < 1.29 is 13.2 Å². The number of anilines is 1. The van der Waals surface area contributed by atoms with Gasteiger partial charge in [0.25, 0.3) is 5.91 Å². The Morgan fingerprint density at radius 2 is 1.60 bits per heavy atom. The van der Waals surface area contributed by atoms with Crippen molar-refractivity contribution in [3.8, 4) is 11.3 Å². The topological polar surface area (TPSA) is 83.8 Å². The van der Waals surface area contributed by atoms with Gasteiger partial charge in [-0.2, -0.15) is 0 Å². The molecule has 1 N–H and O–H groups in total. The number of carbonyl (C=O) groups excluding carboxylic acids is 1. The third-order valence-corrected chi connectivity index (χ3v) is 6.53. The summed E-state index contributed by atoms with van der Waals surface area (Å²) in [4.78, 5) is 17.7. The van der Waals surface area contributed by atoms with Gasteiger partial charge in [0.05, 0.1) is 4.90 Å². The zero-order chi connectivity index (χ0) is 21.3. The lowest BCUT2D eigenvalue weighted by atomic mass is 10.1. The van der Waals surface area contributed by atoms with Gasteiger partial charge in [-0.15, -0.1) is 0 Å². The van der Waals surface area contributed by atoms with Crippen LogP contribution in [0, 0.1) is 0 Å². The monoisotopic (exact) mass is 420 g/mol. The molecule has 0 saturated heterocycles. The summed E-state index contributed by atoms with van der Waals surface area (Å²) in [7, 11) is -0.625. The number of nitrogens with zero attached hydrogens (tertiary/aromatic N) is 3. The molecule has 1 amide bonds. The van der Waals surface area contributed by atoms with Gasteiger partial charge in [0.2, 0.25) is 10.0 Å². The van der Waals surface area contributed by atoms with E-state index in [1.807, 2.05) is 59.1 Å². The number of fused-ring (bicyclic) bond motifs is 1. The normalized spacial score (nSPS) is 11.7. The smallest absolute Gasteiger partial charge is 0.256 e. The lowest BCUT2D eigenvalue weighted by Crippen LogP contribution is -2.22. The van der Waals surface area contributed by atoms with Crippen LogP contribution in [0.4, 0.5) is 5.82 Å². The second kappa shape index (κ2) is 7.74. The largest absolute Gasteiger partial charge is 0.306 e. The Kier molecular flexibility index (Phi) is 5.11. The van der Waals surface area contributed by atoms with Crippen LogP contribution in [0.1, 0.15) is 10.4 Å². The summed E-state index contributed by atoms with van der Waals surface area (Å²) in [5.74, 6) is 0.193. The first kappa shape index (κ1) is 19.8. The van der Waals surface area contributed by atoms with Gasteiger partial charge in [0.15, 0.2) is 0 Å². The standard InChI is InChI=1S/C22H20N4O3S/c1-25(2)30(28,29)18-13-11-17(12-14-18)22(27)24-21-20(16-8-4-3-5-9-16)23-19-10-6-7-15-26(19)21/h3-15H,1-2H3,(H,24,27). The third kappa shape index (κ3) is 3.58. The summed E-state index contributed by atoms with van der Waals surface area (Å²) < 4.78 is 27.4. The number of hydrogen-bond donors (Lipinski definition) is 1. The molecule has 0 aliphatic carbocycles. The maximum absolute atomic E-state index is 12.9. The molecule has 0 atom stereocenters. The van der Waals surface area contributed by atoms with E-state index in [1.165, 1.54) is 38.4 Å². The van der Waals surface area contributed by atoms with E-state index in [2.05, 4.69) is 10.3 Å². The molecular weight excluding hydrogens is 400 g/mol. The van der Waals surface area contributed by atoms with Gasteiger partial charge in [-0.3, -0.25) is 9.20 Å². The van der Waals surface area contributed by atoms with Crippen molar-refractivity contribution in [2.45, 2.75) is 4.90 Å². The molecule has 0 unspecified atom stereocenters. The maximum atomic E-state index is 12.9. The summed E-state index contributed by atoms with van der Waals surface area (Å²) in [6, 6.07) is 21.1. The van der Waals surface area contributed by atoms with Gasteiger partial charge in [0, 0.05) is 31.4 Å². The van der Waals surface area contributed by atoms with E-state index in [4.69, 9.17) is 0 Å². The van der Waals surface area contributed by atoms with Crippen molar-refractivity contribution in [3.05, 3.63) is 84.6 Å². The van der Waals surface area contributed by atoms with E-state index in [-0.39, 0.29) is 10.8 Å². The van der Waals surface area contributed by atoms with Gasteiger partial charge in [-0.25, -0.2) is 17.7 Å². The van der Waals surface area contributed by atoms with E-state index in [9.17, 15) is 13.2 Å². The molecule has 0 bridgehead atoms. The van der Waals surface area contributed by atoms with Crippen LogP contribution in [0.3, 0.4) is 0 Å². The number of benzene rings is 2. The Morgan fingerprint density at radius 1 is 0.933 bits per heavy atom. The molecule has 0 radical (unpaired) electrons. The highest BCUT2D eigenvalue weighted by molar-refractivity contribution is 7.89. The van der Waals surface area contributed by atoms with E-state index in [0.717, 1.165) is 9.87 Å². The molecule has 2 aromatic carbocycles. The zero-order valence-corrected chi connectivity index (χ0v) is 17.3. The third-order valence-electron chi connectivity index (χ3n) is 4.70. The Bertz CT molecular complexity index is 1310. The van der Waals surface area contributed by atoms with Gasteiger partial charge in [-0.05, 0) is 36.4 Å². The van der Waals surface area contributed by atoms with Crippen LogP contribution in [0.25, 0.3) is 16.9 Å². The number of imidazole rings is 1. The number of amides is 1. The first-order valence-electron chi connectivity index (χ1n) is 9.24. The fourth-order valence-electron chi connectivity index (χ4n) is 3.08. The zero-order valence-electron chi connectivity index (χ0n) is 16.5. The average molecular weight is 420 g/mol. The summed E-state index contributed by atoms with van der Waals surface area (Å²) in [5, 5.41) is 2.93. The van der Waals surface area contributed by atoms with Crippen molar-refractivity contribution in [2.75, 3.05) is 19.4 Å². The Hall–Kier alpha value is -3.49. The molecular formula is C22H20N4O3S. The molecule has 0 aliphatic rings. The number of hydrogen-bond acceptors (Lipinski definition) is 4. The first-order chi connectivity index (χ1) is 14.4. The molecule has 2 aromatic heterocycles. The molecule has 0 saturated carbocycles. The first-order valence-corrected chi connectivity index (χ1v) is 10.7. The second-order valence-corrected chi connectivity index (χ2v) is 9.02. The minimum absolute atomic E-state index is 0.129. The van der Waals surface area contributed by atoms with Gasteiger partial charge < -0.3 is 5.32 Å². The van der Waals surface area contributed by atoms with Crippen molar-refractivity contribution in [2.24, 2.45) is 0 Å². The van der Waals surface area contributed by atoms with Gasteiger partial charge >= 0.3 is 0 Å². The minimum atomic E-state index is -3.55. The maximum Gasteiger partial charge on any atom is 0.256 e. The highest BCUT2D eigenvalue weighted by atomic mass is 32.2. The van der Waals surface area contributed by atoms with E-state index in [0.29, 0.717) is 22.7 Å². The molecule has 30 heavy (non-hydrogen) atoms. The Morgan fingerprint density at radius 3 is 2.27 bits per heavy atom. The predicted molar refractivity (Wildman–Crippen MR) is 116 cm³/mol. The number of nitrogens with one attached hydrogen (secondary N) is 1. The quantitative estimate of drug-likeness (QED) is 0.536. The van der Waals surface area contributed by atoms with Crippen LogP contribution in [-0.2, 0) is 10.0 Å². The van der Waals surface area contributed by atoms with E-state index < -0.39 is 10.0 Å². The lowest BCUT2D eigenvalue weighted by Gasteiger charge is -2.12. The fraction of sp³-hybridized carbons (Fsp3) is 0.0909. The van der Waals surface area contributed by atoms with E-state index in [1.54, 1.807) is 0 Å². The minimum Gasteiger partial charge on any atom is -0.306 e. The molecule has 2 heterocycles. The fourth-order valence-corrected chi connectivity index (χ4v) is 3.98. The van der Waals surface area contributed by atoms with Crippen LogP contribution in [-0.4, -0.2) is 42.1 Å². The second-order valence-electron chi connectivity index (χ2n) is 6.87. The number of carbonyl (C=O) groups is 1. The lowest BCUT2D eigenvalue weighted by molar-refractivity contribution is 0.102. The predicted octanol–water partition coefficient (Wildman–Crippen LogP) is 3.50. The molecule has 152 valence electrons. The summed E-state index contributed by atoms with van der Waals surface area (Å²) >= 11 is 0. The highest BCUT2D eigenvalue weighted by Crippen LogP contribution is 2.29. The van der Waals surface area contributed by atoms with E-state index >= 15 is 0 Å². The molecule has 0 fully saturated rings. The Labute approximate surface area is 174 Å². The van der Waals surface area contributed by atoms with Crippen LogP contribution in [0.5, 0.6) is 0 Å². The molecule has 4 aromatic rings. The van der Waals surface area contributed by atoms with Gasteiger partial charge in [-0.1, -0.05) is 36.4 Å². The van der Waals surface area contributed by atoms with Gasteiger partial charge in [0.1, 0.15) is 17.2 Å². The Balaban J connectivity index is 1.70. The molecule has 7 nitrogen and oxygen atoms in total. The molecule has 0 spiro atoms. The molecule has 8 heteroatoms. The van der Waals surface area contributed by atoms with Crippen molar-refractivity contribution in [3.63, 3.8) is 0 Å². The summed E-state index contributed by atoms with van der Waals surface area (Å²) in [6.45, 7) is 0. The summed E-state index contributed by atoms with van der Waals surface area (Å²) in [5.41, 5.74) is 2.59. The molecule has 4 rings (SSSR count). The van der Waals surface area contributed by atoms with Crippen molar-refractivity contribution >= 4 is 27.4 Å². The number of pyridine rings is 1.